The summed E-state index contributed by atoms with van der Waals surface area (Å²) in [6.45, 7) is 0. The second-order valence-electron chi connectivity index (χ2n) is 3.17. The summed E-state index contributed by atoms with van der Waals surface area (Å²) in [5, 5.41) is 3.25. The number of halogens is 2. The van der Waals surface area contributed by atoms with E-state index in [-0.39, 0.29) is 5.91 Å². The van der Waals surface area contributed by atoms with Gasteiger partial charge in [-0.15, -0.1) is 0 Å². The molecule has 0 unspecified atom stereocenters. The highest BCUT2D eigenvalue weighted by Crippen LogP contribution is 2.11. The summed E-state index contributed by atoms with van der Waals surface area (Å²) < 4.78 is 0. The smallest absolute Gasteiger partial charge is 0.258 e. The van der Waals surface area contributed by atoms with Crippen molar-refractivity contribution < 1.29 is 4.79 Å². The summed E-state index contributed by atoms with van der Waals surface area (Å²) in [6, 6.07) is 8.09. The van der Waals surface area contributed by atoms with Crippen LogP contribution in [0, 0.1) is 0 Å². The molecular formula is C11H7Cl2N3O. The maximum absolute atomic E-state index is 11.8. The predicted octanol–water partition coefficient (Wildman–Crippen LogP) is 3.04. The zero-order chi connectivity index (χ0) is 12.3. The summed E-state index contributed by atoms with van der Waals surface area (Å²) in [4.78, 5) is 19.5. The molecule has 2 rings (SSSR count). The Morgan fingerprint density at radius 3 is 2.59 bits per heavy atom. The summed E-state index contributed by atoms with van der Waals surface area (Å²) in [5.74, 6) is 0.0707. The van der Waals surface area contributed by atoms with Gasteiger partial charge < -0.3 is 5.32 Å². The zero-order valence-electron chi connectivity index (χ0n) is 8.52. The van der Waals surface area contributed by atoms with E-state index in [1.54, 1.807) is 30.3 Å². The molecule has 0 aliphatic heterocycles. The van der Waals surface area contributed by atoms with E-state index in [1.165, 1.54) is 6.20 Å². The summed E-state index contributed by atoms with van der Waals surface area (Å²) in [6.07, 6.45) is 1.39. The van der Waals surface area contributed by atoms with Gasteiger partial charge in [-0.3, -0.25) is 4.79 Å². The minimum atomic E-state index is -0.316. The molecule has 1 N–H and O–H groups in total. The number of anilines is 1. The van der Waals surface area contributed by atoms with Gasteiger partial charge in [0.1, 0.15) is 16.1 Å². The van der Waals surface area contributed by atoms with Crippen LogP contribution in [-0.2, 0) is 0 Å². The Labute approximate surface area is 108 Å². The van der Waals surface area contributed by atoms with Crippen LogP contribution in [0.2, 0.25) is 10.3 Å². The fourth-order valence-electron chi connectivity index (χ4n) is 1.18. The van der Waals surface area contributed by atoms with Gasteiger partial charge in [-0.2, -0.15) is 0 Å². The summed E-state index contributed by atoms with van der Waals surface area (Å²) in [5.41, 5.74) is 0.399. The summed E-state index contributed by atoms with van der Waals surface area (Å²) >= 11 is 11.3. The van der Waals surface area contributed by atoms with Gasteiger partial charge in [0.15, 0.2) is 0 Å². The molecule has 0 saturated carbocycles. The van der Waals surface area contributed by atoms with E-state index in [9.17, 15) is 4.79 Å². The lowest BCUT2D eigenvalue weighted by molar-refractivity contribution is 0.102. The molecule has 2 heterocycles. The first-order chi connectivity index (χ1) is 8.15. The maximum atomic E-state index is 11.8. The van der Waals surface area contributed by atoms with Crippen molar-refractivity contribution in [2.75, 3.05) is 5.32 Å². The molecule has 2 aromatic rings. The van der Waals surface area contributed by atoms with Crippen molar-refractivity contribution in [3.8, 4) is 0 Å². The monoisotopic (exact) mass is 267 g/mol. The van der Waals surface area contributed by atoms with E-state index in [0.29, 0.717) is 21.7 Å². The summed E-state index contributed by atoms with van der Waals surface area (Å²) in [7, 11) is 0. The number of hydrogen-bond donors (Lipinski definition) is 1. The fraction of sp³-hybridized carbons (Fsp3) is 0. The van der Waals surface area contributed by atoms with Gasteiger partial charge in [0.2, 0.25) is 0 Å². The minimum absolute atomic E-state index is 0.316. The largest absolute Gasteiger partial charge is 0.306 e. The molecule has 6 heteroatoms. The number of rotatable bonds is 2. The molecule has 17 heavy (non-hydrogen) atoms. The molecule has 0 aromatic carbocycles. The molecule has 86 valence electrons. The zero-order valence-corrected chi connectivity index (χ0v) is 10.0. The number of carbonyl (C=O) groups is 1. The molecule has 0 aliphatic carbocycles. The van der Waals surface area contributed by atoms with Crippen LogP contribution in [0.3, 0.4) is 0 Å². The van der Waals surface area contributed by atoms with Crippen LogP contribution in [-0.4, -0.2) is 15.9 Å². The molecular weight excluding hydrogens is 261 g/mol. The van der Waals surface area contributed by atoms with Gasteiger partial charge in [-0.1, -0.05) is 29.3 Å². The van der Waals surface area contributed by atoms with Crippen LogP contribution >= 0.6 is 23.2 Å². The van der Waals surface area contributed by atoms with E-state index in [2.05, 4.69) is 15.3 Å². The average molecular weight is 268 g/mol. The van der Waals surface area contributed by atoms with Crippen LogP contribution in [0.1, 0.15) is 10.4 Å². The van der Waals surface area contributed by atoms with Gasteiger partial charge in [0, 0.05) is 6.20 Å². The maximum Gasteiger partial charge on any atom is 0.258 e. The third kappa shape index (κ3) is 3.15. The van der Waals surface area contributed by atoms with Crippen molar-refractivity contribution in [1.82, 2.24) is 9.97 Å². The first-order valence-corrected chi connectivity index (χ1v) is 5.46. The normalized spacial score (nSPS) is 10.0. The van der Waals surface area contributed by atoms with E-state index in [4.69, 9.17) is 23.2 Å². The number of carbonyl (C=O) groups excluding carboxylic acids is 1. The highest BCUT2D eigenvalue weighted by molar-refractivity contribution is 6.29. The molecule has 2 aromatic heterocycles. The first-order valence-electron chi connectivity index (χ1n) is 4.70. The van der Waals surface area contributed by atoms with Crippen molar-refractivity contribution in [3.63, 3.8) is 0 Å². The van der Waals surface area contributed by atoms with Gasteiger partial charge in [0.05, 0.1) is 5.56 Å². The number of aromatic nitrogens is 2. The van der Waals surface area contributed by atoms with Crippen LogP contribution in [0.25, 0.3) is 0 Å². The lowest BCUT2D eigenvalue weighted by atomic mass is 10.3. The molecule has 0 spiro atoms. The van der Waals surface area contributed by atoms with Gasteiger partial charge in [-0.25, -0.2) is 9.97 Å². The minimum Gasteiger partial charge on any atom is -0.306 e. The SMILES string of the molecule is O=C(Nc1cccc(Cl)n1)c1ccc(Cl)nc1. The van der Waals surface area contributed by atoms with Crippen molar-refractivity contribution >= 4 is 34.9 Å². The number of amides is 1. The van der Waals surface area contributed by atoms with E-state index < -0.39 is 0 Å². The molecule has 1 amide bonds. The van der Waals surface area contributed by atoms with Gasteiger partial charge in [0.25, 0.3) is 5.91 Å². The Kier molecular flexibility index (Phi) is 3.56. The Bertz CT molecular complexity index is 543. The topological polar surface area (TPSA) is 54.9 Å². The Morgan fingerprint density at radius 2 is 1.94 bits per heavy atom. The number of pyridine rings is 2. The lowest BCUT2D eigenvalue weighted by Crippen LogP contribution is -2.13. The molecule has 4 nitrogen and oxygen atoms in total. The highest BCUT2D eigenvalue weighted by Gasteiger charge is 2.07. The number of nitrogens with one attached hydrogen (secondary N) is 1. The lowest BCUT2D eigenvalue weighted by Gasteiger charge is -2.04. The number of nitrogens with zero attached hydrogens (tertiary/aromatic N) is 2. The second kappa shape index (κ2) is 5.12. The van der Waals surface area contributed by atoms with Crippen LogP contribution in [0.15, 0.2) is 36.5 Å². The van der Waals surface area contributed by atoms with Crippen molar-refractivity contribution in [3.05, 3.63) is 52.4 Å². The third-order valence-corrected chi connectivity index (χ3v) is 2.38. The molecule has 0 bridgehead atoms. The molecule has 0 fully saturated rings. The first kappa shape index (κ1) is 11.8. The average Bonchev–Trinajstić information content (AvgIpc) is 2.29. The van der Waals surface area contributed by atoms with Crippen molar-refractivity contribution in [1.29, 1.82) is 0 Å². The van der Waals surface area contributed by atoms with Crippen LogP contribution < -0.4 is 5.32 Å². The molecule has 0 saturated heterocycles. The van der Waals surface area contributed by atoms with E-state index in [1.807, 2.05) is 0 Å². The van der Waals surface area contributed by atoms with Crippen LogP contribution in [0.4, 0.5) is 5.82 Å². The molecule has 0 aliphatic rings. The fourth-order valence-corrected chi connectivity index (χ4v) is 1.45. The second-order valence-corrected chi connectivity index (χ2v) is 3.94. The van der Waals surface area contributed by atoms with Crippen molar-refractivity contribution in [2.24, 2.45) is 0 Å². The van der Waals surface area contributed by atoms with E-state index in [0.717, 1.165) is 0 Å². The Balaban J connectivity index is 2.14. The third-order valence-electron chi connectivity index (χ3n) is 1.95. The Morgan fingerprint density at radius 1 is 1.12 bits per heavy atom. The van der Waals surface area contributed by atoms with E-state index >= 15 is 0 Å². The number of hydrogen-bond acceptors (Lipinski definition) is 3. The Hall–Kier alpha value is -1.65. The van der Waals surface area contributed by atoms with Gasteiger partial charge in [-0.05, 0) is 24.3 Å². The molecule has 0 radical (unpaired) electrons. The van der Waals surface area contributed by atoms with Gasteiger partial charge >= 0.3 is 0 Å². The molecule has 0 atom stereocenters. The quantitative estimate of drug-likeness (QED) is 0.851. The standard InChI is InChI=1S/C11H7Cl2N3O/c12-8-5-4-7(6-14-8)11(17)16-10-3-1-2-9(13)15-10/h1-6H,(H,15,16,17). The predicted molar refractivity (Wildman–Crippen MR) is 66.4 cm³/mol. The van der Waals surface area contributed by atoms with Crippen molar-refractivity contribution in [2.45, 2.75) is 0 Å². The van der Waals surface area contributed by atoms with Crippen LogP contribution in [0.5, 0.6) is 0 Å². The highest BCUT2D eigenvalue weighted by atomic mass is 35.5.